The normalized spacial score (nSPS) is 11.7. The van der Waals surface area contributed by atoms with Gasteiger partial charge in [-0.2, -0.15) is 0 Å². The van der Waals surface area contributed by atoms with Crippen molar-refractivity contribution in [1.82, 2.24) is 5.32 Å². The van der Waals surface area contributed by atoms with Crippen LogP contribution < -0.4 is 11.1 Å². The molecule has 0 spiro atoms. The number of nitrogens with two attached hydrogens (primary N) is 1. The Balaban J connectivity index is 0. The van der Waals surface area contributed by atoms with Crippen LogP contribution in [0.5, 0.6) is 0 Å². The number of carboxylic acid groups (broad SMARTS) is 1. The summed E-state index contributed by atoms with van der Waals surface area (Å²) in [6.07, 6.45) is 21.3. The number of carbonyl (C=O) groups is 1. The van der Waals surface area contributed by atoms with Crippen molar-refractivity contribution < 1.29 is 9.90 Å². The Morgan fingerprint density at radius 3 is 1.44 bits per heavy atom. The van der Waals surface area contributed by atoms with Crippen LogP contribution in [0.2, 0.25) is 0 Å². The Kier molecular flexibility index (Phi) is 26.9. The summed E-state index contributed by atoms with van der Waals surface area (Å²) in [6.45, 7) is 5.31. The number of unbranched alkanes of at least 4 members (excludes halogenated alkanes) is 14. The molecule has 27 heavy (non-hydrogen) atoms. The molecule has 4 nitrogen and oxygen atoms in total. The van der Waals surface area contributed by atoms with Gasteiger partial charge in [-0.3, -0.25) is 4.79 Å². The largest absolute Gasteiger partial charge is 0.481 e. The average Bonchev–Trinajstić information content (AvgIpc) is 2.63. The number of rotatable bonds is 19. The monoisotopic (exact) mass is 386 g/mol. The van der Waals surface area contributed by atoms with E-state index in [-0.39, 0.29) is 0 Å². The summed E-state index contributed by atoms with van der Waals surface area (Å²) in [6, 6.07) is 0.340. The zero-order valence-corrected chi connectivity index (χ0v) is 18.7. The lowest BCUT2D eigenvalue weighted by Crippen LogP contribution is -2.21. The fourth-order valence-electron chi connectivity index (χ4n) is 3.02. The van der Waals surface area contributed by atoms with Crippen LogP contribution in [-0.2, 0) is 4.79 Å². The number of hydrogen-bond donors (Lipinski definition) is 3. The fourth-order valence-corrected chi connectivity index (χ4v) is 3.02. The highest BCUT2D eigenvalue weighted by Gasteiger charge is 1.97. The van der Waals surface area contributed by atoms with E-state index < -0.39 is 5.97 Å². The molecule has 0 fully saturated rings. The van der Waals surface area contributed by atoms with Gasteiger partial charge in [0.15, 0.2) is 0 Å². The second-order valence-corrected chi connectivity index (χ2v) is 7.96. The Morgan fingerprint density at radius 1 is 0.815 bits per heavy atom. The molecule has 0 radical (unpaired) electrons. The van der Waals surface area contributed by atoms with Crippen LogP contribution in [0.1, 0.15) is 123 Å². The van der Waals surface area contributed by atoms with Gasteiger partial charge in [0.05, 0.1) is 0 Å². The van der Waals surface area contributed by atoms with Crippen molar-refractivity contribution in [1.29, 1.82) is 0 Å². The van der Waals surface area contributed by atoms with Gasteiger partial charge in [0.2, 0.25) is 0 Å². The second-order valence-electron chi connectivity index (χ2n) is 7.96. The van der Waals surface area contributed by atoms with Gasteiger partial charge in [-0.1, -0.05) is 96.8 Å². The first-order valence-corrected chi connectivity index (χ1v) is 11.7. The Morgan fingerprint density at radius 2 is 1.19 bits per heavy atom. The summed E-state index contributed by atoms with van der Waals surface area (Å²) in [5, 5.41) is 11.5. The molecule has 0 aliphatic carbocycles. The molecule has 0 aliphatic heterocycles. The van der Waals surface area contributed by atoms with Gasteiger partial charge in [-0.15, -0.1) is 0 Å². The third-order valence-corrected chi connectivity index (χ3v) is 4.84. The molecule has 0 aromatic carbocycles. The zero-order valence-electron chi connectivity index (χ0n) is 18.7. The number of nitrogens with one attached hydrogen (secondary N) is 1. The summed E-state index contributed by atoms with van der Waals surface area (Å²) in [4.78, 5) is 10.3. The predicted molar refractivity (Wildman–Crippen MR) is 119 cm³/mol. The Hall–Kier alpha value is -0.610. The van der Waals surface area contributed by atoms with E-state index in [2.05, 4.69) is 12.2 Å². The lowest BCUT2D eigenvalue weighted by Gasteiger charge is -2.03. The lowest BCUT2D eigenvalue weighted by atomic mass is 10.0. The smallest absolute Gasteiger partial charge is 0.303 e. The zero-order chi connectivity index (χ0) is 20.6. The van der Waals surface area contributed by atoms with Crippen LogP contribution in [0.25, 0.3) is 0 Å². The first kappa shape index (κ1) is 28.6. The summed E-state index contributed by atoms with van der Waals surface area (Å²) < 4.78 is 0. The standard InChI is InChI=1S/C18H36O2.C5H14N2/c1-2-3-4-5-6-7-8-9-10-11-12-13-14-15-16-17-18(19)20;1-5(6)3-4-7-2/h2-17H2,1H3,(H,19,20);5,7H,3-4,6H2,1-2H3. The number of carboxylic acids is 1. The van der Waals surface area contributed by atoms with Crippen molar-refractivity contribution in [2.24, 2.45) is 5.73 Å². The summed E-state index contributed by atoms with van der Waals surface area (Å²) >= 11 is 0. The Bertz CT molecular complexity index is 284. The van der Waals surface area contributed by atoms with E-state index in [4.69, 9.17) is 10.8 Å². The molecule has 1 atom stereocenters. The van der Waals surface area contributed by atoms with Gasteiger partial charge in [-0.25, -0.2) is 0 Å². The minimum Gasteiger partial charge on any atom is -0.481 e. The topological polar surface area (TPSA) is 75.3 Å². The quantitative estimate of drug-likeness (QED) is 0.228. The van der Waals surface area contributed by atoms with E-state index in [0.29, 0.717) is 12.5 Å². The third kappa shape index (κ3) is 33.4. The minimum atomic E-state index is -0.653. The van der Waals surface area contributed by atoms with Gasteiger partial charge >= 0.3 is 5.97 Å². The van der Waals surface area contributed by atoms with Crippen molar-refractivity contribution in [2.45, 2.75) is 129 Å². The van der Waals surface area contributed by atoms with Gasteiger partial charge in [-0.05, 0) is 33.4 Å². The van der Waals surface area contributed by atoms with Gasteiger partial charge in [0.1, 0.15) is 0 Å². The van der Waals surface area contributed by atoms with Crippen molar-refractivity contribution in [3.8, 4) is 0 Å². The van der Waals surface area contributed by atoms with Gasteiger partial charge in [0.25, 0.3) is 0 Å². The molecule has 0 aromatic rings. The minimum absolute atomic E-state index is 0.340. The molecule has 0 saturated heterocycles. The van der Waals surface area contributed by atoms with Crippen molar-refractivity contribution in [3.63, 3.8) is 0 Å². The number of hydrogen-bond acceptors (Lipinski definition) is 3. The van der Waals surface area contributed by atoms with E-state index in [1.165, 1.54) is 83.5 Å². The molecule has 1 unspecified atom stereocenters. The van der Waals surface area contributed by atoms with Crippen LogP contribution >= 0.6 is 0 Å². The summed E-state index contributed by atoms with van der Waals surface area (Å²) in [5.41, 5.74) is 5.44. The van der Waals surface area contributed by atoms with E-state index in [1.54, 1.807) is 0 Å². The first-order valence-electron chi connectivity index (χ1n) is 11.7. The fraction of sp³-hybridized carbons (Fsp3) is 0.957. The maximum atomic E-state index is 10.3. The number of aliphatic carboxylic acids is 1. The molecule has 4 N–H and O–H groups in total. The molecule has 0 amide bonds. The SMILES string of the molecule is CCCCCCCCCCCCCCCCCC(=O)O.CNCCC(C)N. The maximum Gasteiger partial charge on any atom is 0.303 e. The van der Waals surface area contributed by atoms with Crippen LogP contribution in [0.4, 0.5) is 0 Å². The first-order chi connectivity index (χ1) is 13.0. The maximum absolute atomic E-state index is 10.3. The molecule has 4 heteroatoms. The van der Waals surface area contributed by atoms with Gasteiger partial charge < -0.3 is 16.2 Å². The summed E-state index contributed by atoms with van der Waals surface area (Å²) in [5.74, 6) is -0.653. The molecule has 0 aromatic heterocycles. The van der Waals surface area contributed by atoms with Crippen LogP contribution in [-0.4, -0.2) is 30.7 Å². The van der Waals surface area contributed by atoms with Crippen LogP contribution in [0.3, 0.4) is 0 Å². The molecule has 0 rings (SSSR count). The average molecular weight is 387 g/mol. The molecule has 0 aliphatic rings. The highest BCUT2D eigenvalue weighted by atomic mass is 16.4. The highest BCUT2D eigenvalue weighted by molar-refractivity contribution is 5.66. The van der Waals surface area contributed by atoms with Crippen LogP contribution in [0, 0.1) is 0 Å². The molecule has 0 saturated carbocycles. The highest BCUT2D eigenvalue weighted by Crippen LogP contribution is 2.13. The Labute approximate surface area is 170 Å². The van der Waals surface area contributed by atoms with E-state index >= 15 is 0 Å². The summed E-state index contributed by atoms with van der Waals surface area (Å²) in [7, 11) is 1.93. The molecular formula is C23H50N2O2. The second kappa shape index (κ2) is 25.4. The lowest BCUT2D eigenvalue weighted by molar-refractivity contribution is -0.137. The molecule has 0 bridgehead atoms. The van der Waals surface area contributed by atoms with Gasteiger partial charge in [0, 0.05) is 12.5 Å². The van der Waals surface area contributed by atoms with Crippen molar-refractivity contribution in [3.05, 3.63) is 0 Å². The molecule has 0 heterocycles. The molecular weight excluding hydrogens is 336 g/mol. The van der Waals surface area contributed by atoms with Crippen LogP contribution in [0.15, 0.2) is 0 Å². The molecule has 164 valence electrons. The van der Waals surface area contributed by atoms with E-state index in [0.717, 1.165) is 25.8 Å². The third-order valence-electron chi connectivity index (χ3n) is 4.84. The van der Waals surface area contributed by atoms with Crippen molar-refractivity contribution >= 4 is 5.97 Å². The van der Waals surface area contributed by atoms with E-state index in [9.17, 15) is 4.79 Å². The predicted octanol–water partition coefficient (Wildman–Crippen LogP) is 6.28. The van der Waals surface area contributed by atoms with Crippen molar-refractivity contribution in [2.75, 3.05) is 13.6 Å². The van der Waals surface area contributed by atoms with E-state index in [1.807, 2.05) is 14.0 Å².